The quantitative estimate of drug-likeness (QED) is 0.763. The van der Waals surface area contributed by atoms with E-state index in [-0.39, 0.29) is 5.82 Å². The summed E-state index contributed by atoms with van der Waals surface area (Å²) < 4.78 is 56.9. The molecule has 2 heterocycles. The van der Waals surface area contributed by atoms with Crippen molar-refractivity contribution in [2.24, 2.45) is 0 Å². The molecule has 5 nitrogen and oxygen atoms in total. The molecule has 25 heavy (non-hydrogen) atoms. The smallest absolute Gasteiger partial charge is 0.426 e. The molecule has 0 unspecified atom stereocenters. The van der Waals surface area contributed by atoms with Gasteiger partial charge in [-0.3, -0.25) is 0 Å². The molecule has 138 valence electrons. The van der Waals surface area contributed by atoms with Crippen molar-refractivity contribution in [3.8, 4) is 23.1 Å². The van der Waals surface area contributed by atoms with Crippen LogP contribution in [0.4, 0.5) is 13.2 Å². The minimum absolute atomic E-state index is 0.0280. The lowest BCUT2D eigenvalue weighted by Gasteiger charge is -2.27. The van der Waals surface area contributed by atoms with Crippen molar-refractivity contribution in [1.82, 2.24) is 9.97 Å². The highest BCUT2D eigenvalue weighted by atomic mass is 19.4. The van der Waals surface area contributed by atoms with E-state index < -0.39 is 34.7 Å². The van der Waals surface area contributed by atoms with Crippen molar-refractivity contribution in [3.05, 3.63) is 24.2 Å². The number of halogens is 3. The molecule has 0 atom stereocenters. The number of hydrogen-bond acceptors (Lipinski definition) is 5. The maximum Gasteiger partial charge on any atom is 0.426 e. The standard InChI is InChI=1S/C17H21F3N2O3/c1-15(2,3)24-13-11(17(18,19)20)14(25-16(4,5)6)22-12(21-13)10-7-8-23-9-10/h7-9H,1-6H3. The summed E-state index contributed by atoms with van der Waals surface area (Å²) in [4.78, 5) is 7.93. The molecular weight excluding hydrogens is 337 g/mol. The van der Waals surface area contributed by atoms with Crippen molar-refractivity contribution in [3.63, 3.8) is 0 Å². The fourth-order valence-electron chi connectivity index (χ4n) is 1.91. The van der Waals surface area contributed by atoms with Crippen molar-refractivity contribution in [1.29, 1.82) is 0 Å². The van der Waals surface area contributed by atoms with E-state index in [0.717, 1.165) is 0 Å². The Hall–Kier alpha value is -2.25. The van der Waals surface area contributed by atoms with Crippen LogP contribution in [0.25, 0.3) is 11.4 Å². The van der Waals surface area contributed by atoms with Crippen LogP contribution in [0.15, 0.2) is 23.0 Å². The average Bonchev–Trinajstić information content (AvgIpc) is 2.85. The fraction of sp³-hybridized carbons (Fsp3) is 0.529. The monoisotopic (exact) mass is 358 g/mol. The van der Waals surface area contributed by atoms with Crippen molar-refractivity contribution in [2.45, 2.75) is 58.9 Å². The predicted octanol–water partition coefficient (Wildman–Crippen LogP) is 5.11. The molecule has 2 rings (SSSR count). The van der Waals surface area contributed by atoms with Crippen molar-refractivity contribution in [2.75, 3.05) is 0 Å². The van der Waals surface area contributed by atoms with Gasteiger partial charge in [0.15, 0.2) is 11.4 Å². The number of ether oxygens (including phenoxy) is 2. The molecule has 0 radical (unpaired) electrons. The Bertz CT molecular complexity index is 690. The van der Waals surface area contributed by atoms with Gasteiger partial charge < -0.3 is 13.9 Å². The molecule has 0 aliphatic heterocycles. The van der Waals surface area contributed by atoms with E-state index in [0.29, 0.717) is 5.56 Å². The lowest BCUT2D eigenvalue weighted by molar-refractivity contribution is -0.142. The van der Waals surface area contributed by atoms with Crippen LogP contribution >= 0.6 is 0 Å². The maximum atomic E-state index is 13.7. The Kier molecular flexibility index (Phi) is 4.76. The van der Waals surface area contributed by atoms with Gasteiger partial charge in [-0.15, -0.1) is 0 Å². The highest BCUT2D eigenvalue weighted by Gasteiger charge is 2.43. The van der Waals surface area contributed by atoms with E-state index in [4.69, 9.17) is 13.9 Å². The van der Waals surface area contributed by atoms with E-state index in [9.17, 15) is 13.2 Å². The van der Waals surface area contributed by atoms with Crippen LogP contribution in [0.2, 0.25) is 0 Å². The summed E-state index contributed by atoms with van der Waals surface area (Å²) in [5.74, 6) is -1.13. The molecule has 2 aromatic rings. The highest BCUT2D eigenvalue weighted by Crippen LogP contribution is 2.43. The summed E-state index contributed by atoms with van der Waals surface area (Å²) >= 11 is 0. The third-order valence-corrected chi connectivity index (χ3v) is 2.71. The molecule has 0 amide bonds. The molecule has 0 spiro atoms. The number of aromatic nitrogens is 2. The summed E-state index contributed by atoms with van der Waals surface area (Å²) in [5, 5.41) is 0. The maximum absolute atomic E-state index is 13.7. The van der Waals surface area contributed by atoms with Crippen molar-refractivity contribution >= 4 is 0 Å². The fourth-order valence-corrected chi connectivity index (χ4v) is 1.91. The normalized spacial score (nSPS) is 13.0. The van der Waals surface area contributed by atoms with Gasteiger partial charge in [0.25, 0.3) is 0 Å². The van der Waals surface area contributed by atoms with E-state index in [1.807, 2.05) is 0 Å². The van der Waals surface area contributed by atoms with Gasteiger partial charge in [0.05, 0.1) is 11.8 Å². The Morgan fingerprint density at radius 3 is 1.68 bits per heavy atom. The van der Waals surface area contributed by atoms with E-state index >= 15 is 0 Å². The molecule has 2 aromatic heterocycles. The minimum Gasteiger partial charge on any atom is -0.472 e. The van der Waals surface area contributed by atoms with Crippen LogP contribution in [-0.4, -0.2) is 21.2 Å². The zero-order valence-electron chi connectivity index (χ0n) is 15.0. The molecular formula is C17H21F3N2O3. The first-order valence-corrected chi connectivity index (χ1v) is 7.66. The van der Waals surface area contributed by atoms with Crippen LogP contribution in [0.5, 0.6) is 11.8 Å². The molecule has 0 aliphatic carbocycles. The molecule has 8 heteroatoms. The Morgan fingerprint density at radius 2 is 1.36 bits per heavy atom. The van der Waals surface area contributed by atoms with Gasteiger partial charge in [-0.1, -0.05) is 0 Å². The average molecular weight is 358 g/mol. The van der Waals surface area contributed by atoms with Crippen LogP contribution in [0.1, 0.15) is 47.1 Å². The highest BCUT2D eigenvalue weighted by molar-refractivity contribution is 5.56. The lowest BCUT2D eigenvalue weighted by atomic mass is 10.1. The van der Waals surface area contributed by atoms with E-state index in [1.165, 1.54) is 12.5 Å². The second-order valence-corrected chi connectivity index (χ2v) is 7.47. The zero-order valence-corrected chi connectivity index (χ0v) is 15.0. The zero-order chi connectivity index (χ0) is 19.0. The van der Waals surface area contributed by atoms with Gasteiger partial charge >= 0.3 is 6.18 Å². The number of nitrogens with zero attached hydrogens (tertiary/aromatic N) is 2. The first kappa shape index (κ1) is 19.1. The first-order valence-electron chi connectivity index (χ1n) is 7.66. The van der Waals surface area contributed by atoms with Gasteiger partial charge in [0, 0.05) is 0 Å². The van der Waals surface area contributed by atoms with Gasteiger partial charge in [-0.25, -0.2) is 0 Å². The second-order valence-electron chi connectivity index (χ2n) is 7.47. The van der Waals surface area contributed by atoms with Gasteiger partial charge in [0.2, 0.25) is 11.8 Å². The Morgan fingerprint density at radius 1 is 0.880 bits per heavy atom. The Labute approximate surface area is 144 Å². The number of rotatable bonds is 3. The summed E-state index contributed by atoms with van der Waals surface area (Å²) in [6, 6.07) is 1.55. The number of alkyl halides is 3. The summed E-state index contributed by atoms with van der Waals surface area (Å²) in [6.07, 6.45) is -2.02. The topological polar surface area (TPSA) is 57.4 Å². The molecule has 0 N–H and O–H groups in total. The van der Waals surface area contributed by atoms with Crippen LogP contribution < -0.4 is 9.47 Å². The van der Waals surface area contributed by atoms with Crippen LogP contribution in [0.3, 0.4) is 0 Å². The minimum atomic E-state index is -4.74. The summed E-state index contributed by atoms with van der Waals surface area (Å²) in [6.45, 7) is 9.82. The van der Waals surface area contributed by atoms with Gasteiger partial charge in [-0.2, -0.15) is 23.1 Å². The van der Waals surface area contributed by atoms with Gasteiger partial charge in [-0.05, 0) is 47.6 Å². The van der Waals surface area contributed by atoms with E-state index in [2.05, 4.69) is 9.97 Å². The molecule has 0 aliphatic rings. The summed E-state index contributed by atoms with van der Waals surface area (Å²) in [5.41, 5.74) is -2.49. The SMILES string of the molecule is CC(C)(C)Oc1nc(-c2ccoc2)nc(OC(C)(C)C)c1C(F)(F)F. The van der Waals surface area contributed by atoms with Crippen LogP contribution in [0, 0.1) is 0 Å². The Balaban J connectivity index is 2.72. The molecule has 0 saturated heterocycles. The molecule has 0 bridgehead atoms. The molecule has 0 saturated carbocycles. The summed E-state index contributed by atoms with van der Waals surface area (Å²) in [7, 11) is 0. The van der Waals surface area contributed by atoms with Crippen molar-refractivity contribution < 1.29 is 27.1 Å². The predicted molar refractivity (Wildman–Crippen MR) is 85.5 cm³/mol. The largest absolute Gasteiger partial charge is 0.472 e. The third-order valence-electron chi connectivity index (χ3n) is 2.71. The third kappa shape index (κ3) is 5.11. The van der Waals surface area contributed by atoms with Gasteiger partial charge in [0.1, 0.15) is 17.5 Å². The van der Waals surface area contributed by atoms with Crippen LogP contribution in [-0.2, 0) is 6.18 Å². The first-order chi connectivity index (χ1) is 11.3. The number of furan rings is 1. The molecule has 0 aromatic carbocycles. The molecule has 0 fully saturated rings. The van der Waals surface area contributed by atoms with E-state index in [1.54, 1.807) is 47.6 Å². The number of hydrogen-bond donors (Lipinski definition) is 0. The lowest BCUT2D eigenvalue weighted by Crippen LogP contribution is -2.29. The second kappa shape index (κ2) is 6.24.